The summed E-state index contributed by atoms with van der Waals surface area (Å²) in [4.78, 5) is 4.79. The monoisotopic (exact) mass is 293 g/mol. The lowest BCUT2D eigenvalue weighted by molar-refractivity contribution is 0.402. The number of benzene rings is 1. The van der Waals surface area contributed by atoms with Crippen molar-refractivity contribution >= 4 is 21.8 Å². The van der Waals surface area contributed by atoms with Crippen LogP contribution in [0.15, 0.2) is 33.7 Å². The van der Waals surface area contributed by atoms with Crippen LogP contribution in [-0.4, -0.2) is 31.0 Å². The summed E-state index contributed by atoms with van der Waals surface area (Å²) in [5.74, 6) is 1.13. The number of hydrogen-bond donors (Lipinski definition) is 2. The Morgan fingerprint density at radius 3 is 3.06 bits per heavy atom. The van der Waals surface area contributed by atoms with E-state index in [1.54, 1.807) is 0 Å². The first-order valence-corrected chi connectivity index (χ1v) is 6.89. The number of fused-ring (bicyclic) bond motifs is 1. The molecule has 3 nitrogen and oxygen atoms in total. The zero-order valence-electron chi connectivity index (χ0n) is 9.62. The smallest absolute Gasteiger partial charge is 0.102 e. The first-order valence-electron chi connectivity index (χ1n) is 6.10. The number of nitrogens with one attached hydrogen (secondary N) is 2. The summed E-state index contributed by atoms with van der Waals surface area (Å²) in [6.07, 6.45) is 2.05. The Bertz CT molecular complexity index is 444. The van der Waals surface area contributed by atoms with Gasteiger partial charge in [-0.1, -0.05) is 34.1 Å². The number of halogens is 1. The van der Waals surface area contributed by atoms with Crippen LogP contribution in [-0.2, 0) is 6.42 Å². The van der Waals surface area contributed by atoms with Crippen molar-refractivity contribution in [3.8, 4) is 0 Å². The van der Waals surface area contributed by atoms with Crippen molar-refractivity contribution in [2.45, 2.75) is 24.9 Å². The second kappa shape index (κ2) is 4.78. The zero-order chi connectivity index (χ0) is 11.7. The van der Waals surface area contributed by atoms with Gasteiger partial charge in [-0.2, -0.15) is 0 Å². The van der Waals surface area contributed by atoms with Crippen LogP contribution in [0.3, 0.4) is 0 Å². The molecule has 4 heteroatoms. The van der Waals surface area contributed by atoms with E-state index in [0.29, 0.717) is 12.1 Å². The molecule has 0 amide bonds. The number of piperidine rings is 1. The average molecular weight is 294 g/mol. The van der Waals surface area contributed by atoms with Crippen LogP contribution in [0.2, 0.25) is 0 Å². The second-order valence-electron chi connectivity index (χ2n) is 4.65. The van der Waals surface area contributed by atoms with Gasteiger partial charge >= 0.3 is 0 Å². The molecule has 1 aromatic carbocycles. The highest BCUT2D eigenvalue weighted by molar-refractivity contribution is 9.10. The molecule has 0 bridgehead atoms. The molecule has 0 radical (unpaired) electrons. The molecule has 1 saturated heterocycles. The fraction of sp³-hybridized carbons (Fsp3) is 0.462. The van der Waals surface area contributed by atoms with Gasteiger partial charge in [0.15, 0.2) is 0 Å². The molecule has 17 heavy (non-hydrogen) atoms. The summed E-state index contributed by atoms with van der Waals surface area (Å²) in [6.45, 7) is 2.13. The normalized spacial score (nSPS) is 27.2. The molecule has 2 atom stereocenters. The SMILES string of the molecule is Brc1ccccc1CC1=NC2CCNCC2N1. The van der Waals surface area contributed by atoms with Gasteiger partial charge in [-0.05, 0) is 24.6 Å². The Hall–Kier alpha value is -0.870. The third-order valence-electron chi connectivity index (χ3n) is 3.43. The van der Waals surface area contributed by atoms with Crippen molar-refractivity contribution in [3.05, 3.63) is 34.3 Å². The van der Waals surface area contributed by atoms with Crippen molar-refractivity contribution in [1.82, 2.24) is 10.6 Å². The summed E-state index contributed by atoms with van der Waals surface area (Å²) in [5.41, 5.74) is 1.30. The lowest BCUT2D eigenvalue weighted by Gasteiger charge is -2.24. The van der Waals surface area contributed by atoms with Gasteiger partial charge in [0, 0.05) is 17.4 Å². The van der Waals surface area contributed by atoms with E-state index < -0.39 is 0 Å². The van der Waals surface area contributed by atoms with Gasteiger partial charge in [0.2, 0.25) is 0 Å². The Balaban J connectivity index is 1.72. The molecule has 2 aliphatic heterocycles. The maximum absolute atomic E-state index is 4.79. The van der Waals surface area contributed by atoms with Crippen LogP contribution in [0.1, 0.15) is 12.0 Å². The van der Waals surface area contributed by atoms with Crippen LogP contribution < -0.4 is 10.6 Å². The third-order valence-corrected chi connectivity index (χ3v) is 4.21. The molecule has 2 N–H and O–H groups in total. The van der Waals surface area contributed by atoms with E-state index in [4.69, 9.17) is 4.99 Å². The minimum absolute atomic E-state index is 0.480. The molecule has 2 unspecified atom stereocenters. The molecule has 1 fully saturated rings. The van der Waals surface area contributed by atoms with Crippen molar-refractivity contribution < 1.29 is 0 Å². The second-order valence-corrected chi connectivity index (χ2v) is 5.51. The van der Waals surface area contributed by atoms with Crippen molar-refractivity contribution in [2.24, 2.45) is 4.99 Å². The lowest BCUT2D eigenvalue weighted by atomic mass is 10.0. The largest absolute Gasteiger partial charge is 0.367 e. The Morgan fingerprint density at radius 2 is 2.24 bits per heavy atom. The summed E-state index contributed by atoms with van der Waals surface area (Å²) < 4.78 is 1.16. The van der Waals surface area contributed by atoms with Gasteiger partial charge < -0.3 is 10.6 Å². The lowest BCUT2D eigenvalue weighted by Crippen LogP contribution is -2.48. The van der Waals surface area contributed by atoms with Gasteiger partial charge in [0.1, 0.15) is 5.84 Å². The molecule has 90 valence electrons. The molecular weight excluding hydrogens is 278 g/mol. The Kier molecular flexibility index (Phi) is 3.16. The first kappa shape index (κ1) is 11.2. The van der Waals surface area contributed by atoms with Gasteiger partial charge in [-0.3, -0.25) is 4.99 Å². The molecule has 0 aliphatic carbocycles. The van der Waals surface area contributed by atoms with Gasteiger partial charge in [0.05, 0.1) is 12.1 Å². The van der Waals surface area contributed by atoms with Gasteiger partial charge in [0.25, 0.3) is 0 Å². The summed E-state index contributed by atoms with van der Waals surface area (Å²) in [7, 11) is 0. The first-order chi connectivity index (χ1) is 8.33. The molecule has 3 rings (SSSR count). The number of amidine groups is 1. The van der Waals surface area contributed by atoms with Gasteiger partial charge in [-0.25, -0.2) is 0 Å². The fourth-order valence-electron chi connectivity index (χ4n) is 2.52. The van der Waals surface area contributed by atoms with E-state index in [9.17, 15) is 0 Å². The predicted molar refractivity (Wildman–Crippen MR) is 73.5 cm³/mol. The third kappa shape index (κ3) is 2.38. The van der Waals surface area contributed by atoms with Crippen LogP contribution >= 0.6 is 15.9 Å². The van der Waals surface area contributed by atoms with E-state index in [1.165, 1.54) is 5.56 Å². The van der Waals surface area contributed by atoms with Crippen LogP contribution in [0.5, 0.6) is 0 Å². The van der Waals surface area contributed by atoms with Crippen molar-refractivity contribution in [1.29, 1.82) is 0 Å². The maximum Gasteiger partial charge on any atom is 0.102 e. The molecule has 0 saturated carbocycles. The zero-order valence-corrected chi connectivity index (χ0v) is 11.2. The molecule has 2 aliphatic rings. The van der Waals surface area contributed by atoms with E-state index in [2.05, 4.69) is 44.8 Å². The number of nitrogens with zero attached hydrogens (tertiary/aromatic N) is 1. The summed E-state index contributed by atoms with van der Waals surface area (Å²) in [6, 6.07) is 9.33. The molecule has 1 aromatic rings. The van der Waals surface area contributed by atoms with Gasteiger partial charge in [-0.15, -0.1) is 0 Å². The van der Waals surface area contributed by atoms with Crippen LogP contribution in [0.4, 0.5) is 0 Å². The van der Waals surface area contributed by atoms with E-state index >= 15 is 0 Å². The molecule has 0 spiro atoms. The number of hydrogen-bond acceptors (Lipinski definition) is 3. The van der Waals surface area contributed by atoms with Crippen molar-refractivity contribution in [3.63, 3.8) is 0 Å². The molecular formula is C13H16BrN3. The average Bonchev–Trinajstić information content (AvgIpc) is 2.74. The minimum atomic E-state index is 0.480. The fourth-order valence-corrected chi connectivity index (χ4v) is 2.94. The topological polar surface area (TPSA) is 36.4 Å². The maximum atomic E-state index is 4.79. The standard InChI is InChI=1S/C13H16BrN3/c14-10-4-2-1-3-9(10)7-13-16-11-5-6-15-8-12(11)17-13/h1-4,11-12,15H,5-8H2,(H,16,17). The Morgan fingerprint density at radius 1 is 1.35 bits per heavy atom. The number of rotatable bonds is 2. The van der Waals surface area contributed by atoms with Crippen LogP contribution in [0, 0.1) is 0 Å². The highest BCUT2D eigenvalue weighted by Gasteiger charge is 2.30. The predicted octanol–water partition coefficient (Wildman–Crippen LogP) is 1.72. The number of aliphatic imine (C=N–C) groups is 1. The summed E-state index contributed by atoms with van der Waals surface area (Å²) in [5, 5.41) is 6.94. The molecule has 2 heterocycles. The van der Waals surface area contributed by atoms with E-state index in [0.717, 1.165) is 36.2 Å². The highest BCUT2D eigenvalue weighted by Crippen LogP contribution is 2.20. The Labute approximate surface area is 110 Å². The van der Waals surface area contributed by atoms with E-state index in [-0.39, 0.29) is 0 Å². The summed E-state index contributed by atoms with van der Waals surface area (Å²) >= 11 is 3.59. The minimum Gasteiger partial charge on any atom is -0.367 e. The van der Waals surface area contributed by atoms with E-state index in [1.807, 2.05) is 6.07 Å². The van der Waals surface area contributed by atoms with Crippen LogP contribution in [0.25, 0.3) is 0 Å². The quantitative estimate of drug-likeness (QED) is 0.871. The van der Waals surface area contributed by atoms with Crippen molar-refractivity contribution in [2.75, 3.05) is 13.1 Å². The molecule has 0 aromatic heterocycles. The highest BCUT2D eigenvalue weighted by atomic mass is 79.9.